The Balaban J connectivity index is 3.19. The number of hydrogen-bond acceptors (Lipinski definition) is 3. The molecule has 0 N–H and O–H groups in total. The number of rotatable bonds is 7. The van der Waals surface area contributed by atoms with Crippen molar-refractivity contribution in [1.82, 2.24) is 0 Å². The summed E-state index contributed by atoms with van der Waals surface area (Å²) < 4.78 is 10.6. The van der Waals surface area contributed by atoms with Gasteiger partial charge in [-0.3, -0.25) is 0 Å². The lowest BCUT2D eigenvalue weighted by atomic mass is 10.3. The summed E-state index contributed by atoms with van der Waals surface area (Å²) in [6.45, 7) is 4.66. The normalized spacial score (nSPS) is 12.0. The monoisotopic (exact) mass is 192 g/mol. The van der Waals surface area contributed by atoms with Crippen LogP contribution in [0.3, 0.4) is 0 Å². The molecule has 0 spiro atoms. The fourth-order valence-corrected chi connectivity index (χ4v) is 1.22. The van der Waals surface area contributed by atoms with Crippen molar-refractivity contribution in [2.75, 3.05) is 25.7 Å². The van der Waals surface area contributed by atoms with Crippen LogP contribution in [0.2, 0.25) is 0 Å². The van der Waals surface area contributed by atoms with Gasteiger partial charge < -0.3 is 9.47 Å². The fraction of sp³-hybridized carbons (Fsp3) is 1.00. The maximum Gasteiger partial charge on any atom is 0.162 e. The Morgan fingerprint density at radius 3 is 2.42 bits per heavy atom. The van der Waals surface area contributed by atoms with Gasteiger partial charge in [-0.15, -0.1) is 0 Å². The maximum atomic E-state index is 5.49. The summed E-state index contributed by atoms with van der Waals surface area (Å²) in [4.78, 5) is 0. The summed E-state index contributed by atoms with van der Waals surface area (Å²) in [5.41, 5.74) is 0. The van der Waals surface area contributed by atoms with Crippen LogP contribution in [-0.4, -0.2) is 31.5 Å². The van der Waals surface area contributed by atoms with Crippen molar-refractivity contribution in [2.45, 2.75) is 32.5 Å². The quantitative estimate of drug-likeness (QED) is 0.456. The summed E-state index contributed by atoms with van der Waals surface area (Å²) in [7, 11) is 1.67. The van der Waals surface area contributed by atoms with Crippen LogP contribution in [0.4, 0.5) is 0 Å². The topological polar surface area (TPSA) is 18.5 Å². The molecule has 0 aromatic rings. The second-order valence-electron chi connectivity index (χ2n) is 3.15. The predicted octanol–water partition coefficient (Wildman–Crippen LogP) is 2.53. The van der Waals surface area contributed by atoms with Crippen LogP contribution in [0, 0.1) is 0 Å². The van der Waals surface area contributed by atoms with Crippen molar-refractivity contribution in [3.63, 3.8) is 0 Å². The van der Waals surface area contributed by atoms with Crippen LogP contribution in [0.15, 0.2) is 0 Å². The van der Waals surface area contributed by atoms with Crippen LogP contribution in [-0.2, 0) is 9.47 Å². The summed E-state index contributed by atoms with van der Waals surface area (Å²) in [5.74, 6) is 0.802. The second-order valence-corrected chi connectivity index (χ2v) is 4.14. The average Bonchev–Trinajstić information content (AvgIpc) is 2.04. The van der Waals surface area contributed by atoms with Gasteiger partial charge in [0.1, 0.15) is 0 Å². The third kappa shape index (κ3) is 6.95. The highest BCUT2D eigenvalue weighted by atomic mass is 32.2. The van der Waals surface area contributed by atoms with E-state index >= 15 is 0 Å². The molecule has 0 saturated heterocycles. The fourth-order valence-electron chi connectivity index (χ4n) is 0.725. The van der Waals surface area contributed by atoms with E-state index in [1.165, 1.54) is 12.2 Å². The lowest BCUT2D eigenvalue weighted by molar-refractivity contribution is -0.197. The molecule has 3 heteroatoms. The highest BCUT2D eigenvalue weighted by Crippen LogP contribution is 2.10. The van der Waals surface area contributed by atoms with Crippen LogP contribution < -0.4 is 0 Å². The van der Waals surface area contributed by atoms with E-state index in [0.29, 0.717) is 0 Å². The van der Waals surface area contributed by atoms with E-state index in [4.69, 9.17) is 9.47 Å². The Morgan fingerprint density at radius 2 is 1.92 bits per heavy atom. The molecule has 0 aliphatic carbocycles. The van der Waals surface area contributed by atoms with Gasteiger partial charge in [-0.05, 0) is 38.7 Å². The summed E-state index contributed by atoms with van der Waals surface area (Å²) in [5, 5.41) is 0. The Kier molecular flexibility index (Phi) is 6.90. The van der Waals surface area contributed by atoms with E-state index in [0.717, 1.165) is 13.0 Å². The van der Waals surface area contributed by atoms with Gasteiger partial charge in [-0.25, -0.2) is 0 Å². The zero-order valence-electron chi connectivity index (χ0n) is 8.55. The molecular formula is C9H20O2S. The van der Waals surface area contributed by atoms with Gasteiger partial charge in [0.15, 0.2) is 5.79 Å². The number of thioether (sulfide) groups is 1. The van der Waals surface area contributed by atoms with Crippen LogP contribution in [0.25, 0.3) is 0 Å². The number of hydrogen-bond donors (Lipinski definition) is 0. The smallest absolute Gasteiger partial charge is 0.162 e. The molecule has 74 valence electrons. The zero-order valence-corrected chi connectivity index (χ0v) is 9.37. The van der Waals surface area contributed by atoms with Crippen molar-refractivity contribution < 1.29 is 9.47 Å². The molecule has 0 fully saturated rings. The summed E-state index contributed by atoms with van der Waals surface area (Å²) in [6, 6.07) is 0. The minimum absolute atomic E-state index is 0.417. The zero-order chi connectivity index (χ0) is 9.45. The molecule has 0 rings (SSSR count). The van der Waals surface area contributed by atoms with Crippen LogP contribution in [0.5, 0.6) is 0 Å². The van der Waals surface area contributed by atoms with Crippen molar-refractivity contribution in [3.8, 4) is 0 Å². The lowest BCUT2D eigenvalue weighted by Gasteiger charge is -2.23. The van der Waals surface area contributed by atoms with E-state index in [-0.39, 0.29) is 0 Å². The van der Waals surface area contributed by atoms with Gasteiger partial charge >= 0.3 is 0 Å². The molecule has 0 radical (unpaired) electrons. The Bertz CT molecular complexity index is 105. The Labute approximate surface area is 80.0 Å². The second kappa shape index (κ2) is 6.75. The van der Waals surface area contributed by atoms with Gasteiger partial charge in [0.25, 0.3) is 0 Å². The molecule has 0 aliphatic heterocycles. The van der Waals surface area contributed by atoms with E-state index in [1.807, 2.05) is 25.6 Å². The van der Waals surface area contributed by atoms with E-state index in [1.54, 1.807) is 7.11 Å². The average molecular weight is 192 g/mol. The molecular weight excluding hydrogens is 172 g/mol. The van der Waals surface area contributed by atoms with Crippen LogP contribution in [0.1, 0.15) is 26.7 Å². The van der Waals surface area contributed by atoms with Crippen molar-refractivity contribution in [2.24, 2.45) is 0 Å². The first-order valence-corrected chi connectivity index (χ1v) is 5.70. The van der Waals surface area contributed by atoms with Gasteiger partial charge in [0.05, 0.1) is 6.61 Å². The third-order valence-corrected chi connectivity index (χ3v) is 2.38. The van der Waals surface area contributed by atoms with Crippen LogP contribution >= 0.6 is 11.8 Å². The number of unbranched alkanes of at least 4 members (excludes halogenated alkanes) is 1. The number of methoxy groups -OCH3 is 1. The van der Waals surface area contributed by atoms with Crippen molar-refractivity contribution in [3.05, 3.63) is 0 Å². The molecule has 2 nitrogen and oxygen atoms in total. The summed E-state index contributed by atoms with van der Waals surface area (Å²) in [6.07, 6.45) is 4.47. The Morgan fingerprint density at radius 1 is 1.25 bits per heavy atom. The molecule has 0 unspecified atom stereocenters. The SMILES string of the molecule is COC(C)(C)OCCCCSC. The minimum atomic E-state index is -0.417. The minimum Gasteiger partial charge on any atom is -0.354 e. The highest BCUT2D eigenvalue weighted by molar-refractivity contribution is 7.98. The van der Waals surface area contributed by atoms with Gasteiger partial charge in [0, 0.05) is 7.11 Å². The van der Waals surface area contributed by atoms with E-state index < -0.39 is 5.79 Å². The van der Waals surface area contributed by atoms with Crippen molar-refractivity contribution >= 4 is 11.8 Å². The van der Waals surface area contributed by atoms with Crippen molar-refractivity contribution in [1.29, 1.82) is 0 Å². The molecule has 0 aromatic carbocycles. The maximum absolute atomic E-state index is 5.49. The van der Waals surface area contributed by atoms with E-state index in [2.05, 4.69) is 6.26 Å². The predicted molar refractivity (Wildman–Crippen MR) is 54.7 cm³/mol. The van der Waals surface area contributed by atoms with Gasteiger partial charge in [-0.2, -0.15) is 11.8 Å². The lowest BCUT2D eigenvalue weighted by Crippen LogP contribution is -2.27. The van der Waals surface area contributed by atoms with Gasteiger partial charge in [0.2, 0.25) is 0 Å². The number of ether oxygens (including phenoxy) is 2. The first kappa shape index (κ1) is 12.3. The molecule has 0 amide bonds. The molecule has 0 aromatic heterocycles. The first-order valence-electron chi connectivity index (χ1n) is 4.30. The molecule has 0 saturated carbocycles. The molecule has 0 heterocycles. The third-order valence-electron chi connectivity index (χ3n) is 1.68. The standard InChI is InChI=1S/C9H20O2S/c1-9(2,10-3)11-7-5-6-8-12-4/h5-8H2,1-4H3. The molecule has 0 bridgehead atoms. The first-order chi connectivity index (χ1) is 5.62. The van der Waals surface area contributed by atoms with E-state index in [9.17, 15) is 0 Å². The molecule has 12 heavy (non-hydrogen) atoms. The van der Waals surface area contributed by atoms with Gasteiger partial charge in [-0.1, -0.05) is 0 Å². The largest absolute Gasteiger partial charge is 0.354 e. The Hall–Kier alpha value is 0.270. The molecule has 0 atom stereocenters. The highest BCUT2D eigenvalue weighted by Gasteiger charge is 2.15. The molecule has 0 aliphatic rings. The summed E-state index contributed by atoms with van der Waals surface area (Å²) >= 11 is 1.88.